The van der Waals surface area contributed by atoms with Crippen molar-refractivity contribution in [2.45, 2.75) is 31.2 Å². The van der Waals surface area contributed by atoms with Gasteiger partial charge in [0, 0.05) is 25.0 Å². The van der Waals surface area contributed by atoms with Gasteiger partial charge in [0.05, 0.1) is 5.54 Å². The molecule has 0 bridgehead atoms. The van der Waals surface area contributed by atoms with E-state index in [1.54, 1.807) is 0 Å². The number of amides is 1. The maximum atomic E-state index is 11.8. The molecule has 2 rings (SSSR count). The number of hydrogen-bond acceptors (Lipinski definition) is 2. The molecule has 80 valence electrons. The zero-order valence-corrected chi connectivity index (χ0v) is 8.98. The lowest BCUT2D eigenvalue weighted by atomic mass is 9.99. The smallest absolute Gasteiger partial charge is 0.223 e. The predicted molar refractivity (Wildman–Crippen MR) is 54.4 cm³/mol. The fraction of sp³-hybridized carbons (Fsp3) is 0.900. The minimum absolute atomic E-state index is 0.0586. The highest BCUT2D eigenvalue weighted by Crippen LogP contribution is 2.36. The summed E-state index contributed by atoms with van der Waals surface area (Å²) in [6, 6.07) is 0. The van der Waals surface area contributed by atoms with Gasteiger partial charge in [-0.3, -0.25) is 4.79 Å². The molecule has 1 saturated heterocycles. The number of hydrogen-bond donors (Lipinski definition) is 1. The Bertz CT molecular complexity index is 222. The Morgan fingerprint density at radius 1 is 1.43 bits per heavy atom. The molecule has 0 radical (unpaired) electrons. The number of carbonyl (C=O) groups excluding carboxylic acids is 1. The second-order valence-electron chi connectivity index (χ2n) is 4.29. The Morgan fingerprint density at radius 3 is 2.57 bits per heavy atom. The van der Waals surface area contributed by atoms with E-state index in [1.165, 1.54) is 0 Å². The number of rotatable bonds is 3. The molecule has 2 aliphatic rings. The first kappa shape index (κ1) is 10.2. The molecule has 1 saturated carbocycles. The van der Waals surface area contributed by atoms with E-state index >= 15 is 0 Å². The van der Waals surface area contributed by atoms with E-state index in [1.807, 2.05) is 0 Å². The van der Waals surface area contributed by atoms with Crippen molar-refractivity contribution in [3.8, 4) is 0 Å². The Kier molecular flexibility index (Phi) is 2.98. The van der Waals surface area contributed by atoms with Crippen molar-refractivity contribution in [2.24, 2.45) is 5.92 Å². The fourth-order valence-electron chi connectivity index (χ4n) is 1.77. The Hall–Kier alpha value is -0.280. The van der Waals surface area contributed by atoms with Crippen LogP contribution in [0.1, 0.15) is 25.7 Å². The quantitative estimate of drug-likeness (QED) is 0.724. The monoisotopic (exact) mass is 217 g/mol. The van der Waals surface area contributed by atoms with E-state index < -0.39 is 0 Å². The van der Waals surface area contributed by atoms with Crippen LogP contribution in [-0.2, 0) is 9.53 Å². The third-order valence-corrected chi connectivity index (χ3v) is 3.60. The van der Waals surface area contributed by atoms with Crippen LogP contribution < -0.4 is 5.32 Å². The van der Waals surface area contributed by atoms with E-state index in [4.69, 9.17) is 16.3 Å². The first-order chi connectivity index (χ1) is 6.76. The minimum Gasteiger partial charge on any atom is -0.381 e. The number of nitrogens with one attached hydrogen (secondary N) is 1. The van der Waals surface area contributed by atoms with E-state index in [0.29, 0.717) is 19.1 Å². The second kappa shape index (κ2) is 4.07. The van der Waals surface area contributed by atoms with Crippen molar-refractivity contribution in [1.82, 2.24) is 5.32 Å². The van der Waals surface area contributed by atoms with Crippen LogP contribution in [-0.4, -0.2) is 30.5 Å². The topological polar surface area (TPSA) is 38.3 Å². The lowest BCUT2D eigenvalue weighted by Crippen LogP contribution is -2.43. The number of carbonyl (C=O) groups is 1. The lowest BCUT2D eigenvalue weighted by Gasteiger charge is -2.23. The third kappa shape index (κ3) is 2.20. The van der Waals surface area contributed by atoms with Gasteiger partial charge in [0.1, 0.15) is 0 Å². The highest BCUT2D eigenvalue weighted by molar-refractivity contribution is 6.19. The van der Waals surface area contributed by atoms with Crippen LogP contribution in [0, 0.1) is 5.92 Å². The molecule has 1 N–H and O–H groups in total. The molecule has 0 unspecified atom stereocenters. The summed E-state index contributed by atoms with van der Waals surface area (Å²) in [5, 5.41) is 3.06. The number of halogens is 1. The van der Waals surface area contributed by atoms with Crippen molar-refractivity contribution in [1.29, 1.82) is 0 Å². The standard InChI is InChI=1S/C10H16ClNO2/c11-7-10(3-4-10)12-9(13)8-1-5-14-6-2-8/h8H,1-7H2,(H,12,13). The molecule has 0 aromatic rings. The highest BCUT2D eigenvalue weighted by atomic mass is 35.5. The van der Waals surface area contributed by atoms with E-state index in [-0.39, 0.29) is 17.4 Å². The van der Waals surface area contributed by atoms with E-state index in [2.05, 4.69) is 5.32 Å². The third-order valence-electron chi connectivity index (χ3n) is 3.09. The highest BCUT2D eigenvalue weighted by Gasteiger charge is 2.44. The zero-order chi connectivity index (χ0) is 10.0. The largest absolute Gasteiger partial charge is 0.381 e. The van der Waals surface area contributed by atoms with E-state index in [0.717, 1.165) is 25.7 Å². The maximum absolute atomic E-state index is 11.8. The molecule has 1 aliphatic heterocycles. The minimum atomic E-state index is -0.0586. The summed E-state index contributed by atoms with van der Waals surface area (Å²) in [6.45, 7) is 1.43. The Balaban J connectivity index is 1.82. The lowest BCUT2D eigenvalue weighted by molar-refractivity contribution is -0.128. The van der Waals surface area contributed by atoms with Gasteiger partial charge in [-0.25, -0.2) is 0 Å². The van der Waals surface area contributed by atoms with Crippen LogP contribution >= 0.6 is 11.6 Å². The maximum Gasteiger partial charge on any atom is 0.223 e. The molecular weight excluding hydrogens is 202 g/mol. The van der Waals surface area contributed by atoms with Gasteiger partial charge >= 0.3 is 0 Å². The molecule has 0 atom stereocenters. The van der Waals surface area contributed by atoms with Gasteiger partial charge < -0.3 is 10.1 Å². The van der Waals surface area contributed by atoms with Gasteiger partial charge in [-0.05, 0) is 25.7 Å². The van der Waals surface area contributed by atoms with Crippen molar-refractivity contribution in [2.75, 3.05) is 19.1 Å². The van der Waals surface area contributed by atoms with Gasteiger partial charge in [0.25, 0.3) is 0 Å². The second-order valence-corrected chi connectivity index (χ2v) is 4.56. The average Bonchev–Trinajstić information content (AvgIpc) is 3.00. The summed E-state index contributed by atoms with van der Waals surface area (Å²) in [7, 11) is 0. The van der Waals surface area contributed by atoms with Crippen LogP contribution in [0.25, 0.3) is 0 Å². The first-order valence-electron chi connectivity index (χ1n) is 5.21. The van der Waals surface area contributed by atoms with Crippen LogP contribution in [0.5, 0.6) is 0 Å². The molecule has 1 aliphatic carbocycles. The summed E-state index contributed by atoms with van der Waals surface area (Å²) in [6.07, 6.45) is 3.77. The Morgan fingerprint density at radius 2 is 2.07 bits per heavy atom. The molecule has 0 spiro atoms. The van der Waals surface area contributed by atoms with Gasteiger partial charge in [-0.2, -0.15) is 0 Å². The molecule has 0 aromatic carbocycles. The molecule has 1 heterocycles. The van der Waals surface area contributed by atoms with Gasteiger partial charge in [0.15, 0.2) is 0 Å². The SMILES string of the molecule is O=C(NC1(CCl)CC1)C1CCOCC1. The number of alkyl halides is 1. The van der Waals surface area contributed by atoms with Crippen LogP contribution in [0.4, 0.5) is 0 Å². The summed E-state index contributed by atoms with van der Waals surface area (Å²) >= 11 is 5.80. The van der Waals surface area contributed by atoms with Crippen molar-refractivity contribution >= 4 is 17.5 Å². The molecule has 3 nitrogen and oxygen atoms in total. The summed E-state index contributed by atoms with van der Waals surface area (Å²) in [5.41, 5.74) is -0.0586. The predicted octanol–water partition coefficient (Wildman–Crippen LogP) is 1.30. The summed E-state index contributed by atoms with van der Waals surface area (Å²) < 4.78 is 5.22. The molecular formula is C10H16ClNO2. The molecule has 14 heavy (non-hydrogen) atoms. The summed E-state index contributed by atoms with van der Waals surface area (Å²) in [4.78, 5) is 11.8. The van der Waals surface area contributed by atoms with Gasteiger partial charge in [0.2, 0.25) is 5.91 Å². The van der Waals surface area contributed by atoms with Gasteiger partial charge in [-0.1, -0.05) is 0 Å². The number of ether oxygens (including phenoxy) is 1. The molecule has 1 amide bonds. The van der Waals surface area contributed by atoms with Crippen LogP contribution in [0.2, 0.25) is 0 Å². The van der Waals surface area contributed by atoms with Crippen molar-refractivity contribution in [3.63, 3.8) is 0 Å². The molecule has 2 fully saturated rings. The first-order valence-corrected chi connectivity index (χ1v) is 5.75. The van der Waals surface area contributed by atoms with Crippen molar-refractivity contribution < 1.29 is 9.53 Å². The van der Waals surface area contributed by atoms with Crippen LogP contribution in [0.15, 0.2) is 0 Å². The molecule has 0 aromatic heterocycles. The average molecular weight is 218 g/mol. The van der Waals surface area contributed by atoms with Crippen LogP contribution in [0.3, 0.4) is 0 Å². The molecule has 4 heteroatoms. The summed E-state index contributed by atoms with van der Waals surface area (Å²) in [5.74, 6) is 0.859. The fourth-order valence-corrected chi connectivity index (χ4v) is 2.10. The zero-order valence-electron chi connectivity index (χ0n) is 8.22. The van der Waals surface area contributed by atoms with E-state index in [9.17, 15) is 4.79 Å². The normalized spacial score (nSPS) is 25.8. The van der Waals surface area contributed by atoms with Crippen molar-refractivity contribution in [3.05, 3.63) is 0 Å². The van der Waals surface area contributed by atoms with Gasteiger partial charge in [-0.15, -0.1) is 11.6 Å². The Labute approximate surface area is 89.1 Å².